The molecule has 0 bridgehead atoms. The highest BCUT2D eigenvalue weighted by atomic mass is 32.2. The van der Waals surface area contributed by atoms with E-state index in [0.29, 0.717) is 5.56 Å². The first-order chi connectivity index (χ1) is 14.4. The fraction of sp³-hybridized carbons (Fsp3) is 0.526. The number of amides is 1. The van der Waals surface area contributed by atoms with Gasteiger partial charge in [-0.15, -0.1) is 0 Å². The number of non-ortho nitro benzene ring substituents is 1. The zero-order valence-electron chi connectivity index (χ0n) is 17.1. The van der Waals surface area contributed by atoms with Crippen molar-refractivity contribution in [2.24, 2.45) is 5.92 Å². The summed E-state index contributed by atoms with van der Waals surface area (Å²) in [6.07, 6.45) is -0.381. The average Bonchev–Trinajstić information content (AvgIpc) is 2.85. The standard InChI is InChI=1S/C19H22N2O9S/c1-4-29-14(22)9-13-16(23)20-15(19(2,3)31(27,28)17(13)20)18(24)30-10-11-5-7-12(8-6-11)21(25)26/h5-8,13,15,17H,4,9-10H2,1-3H3/t13-,15+,17-/m1/s1. The maximum Gasteiger partial charge on any atom is 0.330 e. The van der Waals surface area contributed by atoms with Crippen molar-refractivity contribution in [3.63, 3.8) is 0 Å². The molecule has 3 rings (SSSR count). The number of β-lactam (4-membered cyclic amide) rings is 1. The summed E-state index contributed by atoms with van der Waals surface area (Å²) < 4.78 is 34.5. The van der Waals surface area contributed by atoms with E-state index in [1.165, 1.54) is 38.1 Å². The highest BCUT2D eigenvalue weighted by Crippen LogP contribution is 2.50. The van der Waals surface area contributed by atoms with Crippen LogP contribution in [0.4, 0.5) is 5.69 Å². The molecule has 2 aliphatic heterocycles. The monoisotopic (exact) mass is 454 g/mol. The van der Waals surface area contributed by atoms with Crippen LogP contribution in [0.5, 0.6) is 0 Å². The predicted molar refractivity (Wildman–Crippen MR) is 105 cm³/mol. The van der Waals surface area contributed by atoms with Gasteiger partial charge in [-0.1, -0.05) is 0 Å². The van der Waals surface area contributed by atoms with Crippen molar-refractivity contribution < 1.29 is 37.2 Å². The second-order valence-electron chi connectivity index (χ2n) is 7.83. The van der Waals surface area contributed by atoms with E-state index in [0.717, 1.165) is 4.90 Å². The molecule has 2 heterocycles. The summed E-state index contributed by atoms with van der Waals surface area (Å²) in [5.41, 5.74) is 0.337. The van der Waals surface area contributed by atoms with Gasteiger partial charge in [0.25, 0.3) is 5.69 Å². The van der Waals surface area contributed by atoms with Crippen molar-refractivity contribution in [2.75, 3.05) is 6.61 Å². The molecular formula is C19H22N2O9S. The van der Waals surface area contributed by atoms with E-state index < -0.39 is 54.7 Å². The van der Waals surface area contributed by atoms with Crippen LogP contribution in [-0.2, 0) is 40.3 Å². The van der Waals surface area contributed by atoms with Crippen LogP contribution in [0.2, 0.25) is 0 Å². The Hall–Kier alpha value is -3.02. The van der Waals surface area contributed by atoms with E-state index in [1.54, 1.807) is 6.92 Å². The highest BCUT2D eigenvalue weighted by molar-refractivity contribution is 7.93. The molecule has 168 valence electrons. The zero-order valence-corrected chi connectivity index (χ0v) is 18.0. The van der Waals surface area contributed by atoms with Gasteiger partial charge in [0.2, 0.25) is 5.91 Å². The average molecular weight is 454 g/mol. The third-order valence-electron chi connectivity index (χ3n) is 5.62. The van der Waals surface area contributed by atoms with Crippen molar-refractivity contribution in [2.45, 2.75) is 50.0 Å². The topological polar surface area (TPSA) is 150 Å². The summed E-state index contributed by atoms with van der Waals surface area (Å²) in [7, 11) is -3.98. The van der Waals surface area contributed by atoms with Crippen LogP contribution < -0.4 is 0 Å². The van der Waals surface area contributed by atoms with Crippen LogP contribution >= 0.6 is 0 Å². The number of carbonyl (C=O) groups excluding carboxylic acids is 3. The molecule has 0 spiro atoms. The maximum atomic E-state index is 13.0. The highest BCUT2D eigenvalue weighted by Gasteiger charge is 2.72. The van der Waals surface area contributed by atoms with Crippen molar-refractivity contribution in [1.29, 1.82) is 0 Å². The number of carbonyl (C=O) groups is 3. The van der Waals surface area contributed by atoms with Gasteiger partial charge in [0, 0.05) is 12.1 Å². The van der Waals surface area contributed by atoms with Gasteiger partial charge in [0.15, 0.2) is 9.84 Å². The van der Waals surface area contributed by atoms with Gasteiger partial charge in [-0.2, -0.15) is 0 Å². The fourth-order valence-corrected chi connectivity index (χ4v) is 6.24. The third-order valence-corrected chi connectivity index (χ3v) is 8.50. The summed E-state index contributed by atoms with van der Waals surface area (Å²) in [4.78, 5) is 48.3. The Morgan fingerprint density at radius 3 is 2.35 bits per heavy atom. The summed E-state index contributed by atoms with van der Waals surface area (Å²) >= 11 is 0. The van der Waals surface area contributed by atoms with Crippen LogP contribution in [0.15, 0.2) is 24.3 Å². The second-order valence-corrected chi connectivity index (χ2v) is 10.5. The van der Waals surface area contributed by atoms with Crippen LogP contribution in [0.1, 0.15) is 32.8 Å². The van der Waals surface area contributed by atoms with Gasteiger partial charge in [0.1, 0.15) is 18.0 Å². The van der Waals surface area contributed by atoms with Gasteiger partial charge in [-0.25, -0.2) is 13.2 Å². The number of nitro groups is 1. The number of sulfone groups is 1. The van der Waals surface area contributed by atoms with Gasteiger partial charge >= 0.3 is 11.9 Å². The molecule has 31 heavy (non-hydrogen) atoms. The van der Waals surface area contributed by atoms with E-state index in [9.17, 15) is 32.9 Å². The van der Waals surface area contributed by atoms with Crippen LogP contribution in [-0.4, -0.2) is 58.9 Å². The van der Waals surface area contributed by atoms with E-state index in [1.807, 2.05) is 0 Å². The van der Waals surface area contributed by atoms with E-state index in [-0.39, 0.29) is 25.3 Å². The van der Waals surface area contributed by atoms with E-state index in [4.69, 9.17) is 9.47 Å². The molecule has 12 heteroatoms. The predicted octanol–water partition coefficient (Wildman–Crippen LogP) is 0.951. The Bertz CT molecular complexity index is 1030. The minimum Gasteiger partial charge on any atom is -0.466 e. The van der Waals surface area contributed by atoms with Gasteiger partial charge < -0.3 is 14.4 Å². The molecule has 1 aromatic carbocycles. The molecule has 3 atom stereocenters. The normalized spacial score (nSPS) is 25.3. The number of ether oxygens (including phenoxy) is 2. The summed E-state index contributed by atoms with van der Waals surface area (Å²) in [5, 5.41) is 9.42. The van der Waals surface area contributed by atoms with E-state index >= 15 is 0 Å². The number of hydrogen-bond donors (Lipinski definition) is 0. The first kappa shape index (κ1) is 22.7. The quantitative estimate of drug-likeness (QED) is 0.254. The number of esters is 2. The SMILES string of the molecule is CCOC(=O)C[C@@H]1C(=O)N2[C@@H](C(=O)OCc3ccc([N+](=O)[O-])cc3)C(C)(C)S(=O)(=O)[C@H]12. The maximum absolute atomic E-state index is 13.0. The Labute approximate surface area is 178 Å². The molecule has 0 aliphatic carbocycles. The number of nitro benzene ring substituents is 1. The molecular weight excluding hydrogens is 432 g/mol. The van der Waals surface area contributed by atoms with Crippen molar-refractivity contribution in [1.82, 2.24) is 4.90 Å². The molecule has 0 radical (unpaired) electrons. The molecule has 1 amide bonds. The number of rotatable bonds is 7. The summed E-state index contributed by atoms with van der Waals surface area (Å²) in [6.45, 7) is 4.13. The Morgan fingerprint density at radius 1 is 1.19 bits per heavy atom. The Balaban J connectivity index is 1.76. The Kier molecular flexibility index (Phi) is 5.78. The molecule has 2 saturated heterocycles. The van der Waals surface area contributed by atoms with Crippen LogP contribution in [0.25, 0.3) is 0 Å². The molecule has 0 N–H and O–H groups in total. The fourth-order valence-electron chi connectivity index (χ4n) is 3.92. The summed E-state index contributed by atoms with van der Waals surface area (Å²) in [5.74, 6) is -3.31. The third kappa shape index (κ3) is 3.64. The van der Waals surface area contributed by atoms with Gasteiger partial charge in [-0.3, -0.25) is 19.7 Å². The zero-order chi connectivity index (χ0) is 23.1. The van der Waals surface area contributed by atoms with Crippen molar-refractivity contribution in [3.8, 4) is 0 Å². The van der Waals surface area contributed by atoms with Crippen molar-refractivity contribution in [3.05, 3.63) is 39.9 Å². The van der Waals surface area contributed by atoms with Crippen LogP contribution in [0, 0.1) is 16.0 Å². The van der Waals surface area contributed by atoms with Crippen LogP contribution in [0.3, 0.4) is 0 Å². The molecule has 11 nitrogen and oxygen atoms in total. The van der Waals surface area contributed by atoms with E-state index in [2.05, 4.69) is 0 Å². The van der Waals surface area contributed by atoms with Gasteiger partial charge in [-0.05, 0) is 38.5 Å². The van der Waals surface area contributed by atoms with Gasteiger partial charge in [0.05, 0.1) is 28.6 Å². The number of fused-ring (bicyclic) bond motifs is 1. The molecule has 0 aromatic heterocycles. The first-order valence-electron chi connectivity index (χ1n) is 9.54. The minimum atomic E-state index is -3.98. The molecule has 1 aromatic rings. The second kappa shape index (κ2) is 7.91. The first-order valence-corrected chi connectivity index (χ1v) is 11.1. The molecule has 2 aliphatic rings. The number of benzene rings is 1. The lowest BCUT2D eigenvalue weighted by Gasteiger charge is -2.42. The lowest BCUT2D eigenvalue weighted by atomic mass is 9.89. The minimum absolute atomic E-state index is 0.101. The van der Waals surface area contributed by atoms with Crippen molar-refractivity contribution >= 4 is 33.4 Å². The lowest BCUT2D eigenvalue weighted by Crippen LogP contribution is -2.64. The molecule has 2 fully saturated rings. The number of nitrogens with zero attached hydrogens (tertiary/aromatic N) is 2. The number of hydrogen-bond acceptors (Lipinski definition) is 9. The smallest absolute Gasteiger partial charge is 0.330 e. The Morgan fingerprint density at radius 2 is 1.81 bits per heavy atom. The lowest BCUT2D eigenvalue weighted by molar-refractivity contribution is -0.384. The molecule has 0 saturated carbocycles. The largest absolute Gasteiger partial charge is 0.466 e. The summed E-state index contributed by atoms with van der Waals surface area (Å²) in [6, 6.07) is 3.96. The molecule has 0 unspecified atom stereocenters.